The molecule has 0 aromatic carbocycles. The summed E-state index contributed by atoms with van der Waals surface area (Å²) < 4.78 is 0. The number of hydrogen-bond donors (Lipinski definition) is 2. The highest BCUT2D eigenvalue weighted by molar-refractivity contribution is 5.08. The van der Waals surface area contributed by atoms with Crippen molar-refractivity contribution in [2.45, 2.75) is 57.7 Å². The number of allylic oxidation sites excluding steroid dienone is 1. The van der Waals surface area contributed by atoms with Crippen LogP contribution < -0.4 is 0 Å². The first-order valence-corrected chi connectivity index (χ1v) is 5.24. The van der Waals surface area contributed by atoms with Gasteiger partial charge in [0, 0.05) is 0 Å². The molecule has 0 fully saturated rings. The lowest BCUT2D eigenvalue weighted by molar-refractivity contribution is 0.180. The number of aliphatic hydroxyl groups is 2. The van der Waals surface area contributed by atoms with E-state index in [2.05, 4.69) is 0 Å². The van der Waals surface area contributed by atoms with Crippen molar-refractivity contribution in [1.29, 1.82) is 0 Å². The predicted octanol–water partition coefficient (Wildman–Crippen LogP) is 2.01. The molecule has 0 amide bonds. The summed E-state index contributed by atoms with van der Waals surface area (Å²) in [6.45, 7) is 1.82. The number of rotatable bonds is 4. The second-order valence-electron chi connectivity index (χ2n) is 4.03. The third-order valence-corrected chi connectivity index (χ3v) is 2.55. The summed E-state index contributed by atoms with van der Waals surface area (Å²) in [5.41, 5.74) is 1.37. The van der Waals surface area contributed by atoms with E-state index in [1.54, 1.807) is 0 Å². The quantitative estimate of drug-likeness (QED) is 0.656. The normalized spacial score (nSPS) is 25.5. The van der Waals surface area contributed by atoms with Gasteiger partial charge in [0.05, 0.1) is 12.2 Å². The van der Waals surface area contributed by atoms with Crippen LogP contribution in [0, 0.1) is 0 Å². The lowest BCUT2D eigenvalue weighted by Gasteiger charge is -2.17. The minimum Gasteiger partial charge on any atom is -0.393 e. The van der Waals surface area contributed by atoms with Gasteiger partial charge in [-0.15, -0.1) is 0 Å². The Hall–Kier alpha value is -0.340. The van der Waals surface area contributed by atoms with Crippen LogP contribution in [0.3, 0.4) is 0 Å². The third-order valence-electron chi connectivity index (χ3n) is 2.55. The highest BCUT2D eigenvalue weighted by atomic mass is 16.3. The fourth-order valence-electron chi connectivity index (χ4n) is 1.81. The summed E-state index contributed by atoms with van der Waals surface area (Å²) in [7, 11) is 0. The van der Waals surface area contributed by atoms with E-state index in [9.17, 15) is 5.11 Å². The van der Waals surface area contributed by atoms with E-state index >= 15 is 0 Å². The van der Waals surface area contributed by atoms with E-state index in [0.29, 0.717) is 0 Å². The Balaban J connectivity index is 2.20. The Morgan fingerprint density at radius 2 is 2.38 bits per heavy atom. The average molecular weight is 184 g/mol. The largest absolute Gasteiger partial charge is 0.393 e. The molecule has 0 radical (unpaired) electrons. The van der Waals surface area contributed by atoms with Crippen LogP contribution in [-0.4, -0.2) is 22.4 Å². The maximum absolute atomic E-state index is 9.36. The molecule has 0 saturated heterocycles. The molecule has 76 valence electrons. The first kappa shape index (κ1) is 10.7. The summed E-state index contributed by atoms with van der Waals surface area (Å²) in [5, 5.41) is 18.4. The fraction of sp³-hybridized carbons (Fsp3) is 0.818. The average Bonchev–Trinajstić information content (AvgIpc) is 2.03. The van der Waals surface area contributed by atoms with Crippen molar-refractivity contribution in [3.63, 3.8) is 0 Å². The first-order valence-electron chi connectivity index (χ1n) is 5.24. The molecule has 0 aromatic heterocycles. The highest BCUT2D eigenvalue weighted by Gasteiger charge is 2.10. The third kappa shape index (κ3) is 4.44. The monoisotopic (exact) mass is 184 g/mol. The summed E-state index contributed by atoms with van der Waals surface area (Å²) >= 11 is 0. The molecule has 2 nitrogen and oxygen atoms in total. The molecule has 0 spiro atoms. The SMILES string of the molecule is C[C@H](O)CCCC1=C[C@@H](O)CCC1. The molecular formula is C11H20O2. The molecule has 2 N–H and O–H groups in total. The zero-order valence-electron chi connectivity index (χ0n) is 8.37. The molecule has 0 aromatic rings. The van der Waals surface area contributed by atoms with Crippen molar-refractivity contribution in [3.05, 3.63) is 11.6 Å². The van der Waals surface area contributed by atoms with Gasteiger partial charge in [0.25, 0.3) is 0 Å². The van der Waals surface area contributed by atoms with Crippen molar-refractivity contribution in [2.24, 2.45) is 0 Å². The second-order valence-corrected chi connectivity index (χ2v) is 4.03. The molecule has 0 bridgehead atoms. The minimum absolute atomic E-state index is 0.186. The maximum atomic E-state index is 9.36. The Morgan fingerprint density at radius 3 is 3.00 bits per heavy atom. The molecule has 13 heavy (non-hydrogen) atoms. The molecule has 2 atom stereocenters. The van der Waals surface area contributed by atoms with Crippen LogP contribution in [0.5, 0.6) is 0 Å². The van der Waals surface area contributed by atoms with Crippen molar-refractivity contribution in [3.8, 4) is 0 Å². The van der Waals surface area contributed by atoms with E-state index in [-0.39, 0.29) is 12.2 Å². The lowest BCUT2D eigenvalue weighted by atomic mass is 9.93. The zero-order valence-corrected chi connectivity index (χ0v) is 8.37. The van der Waals surface area contributed by atoms with E-state index in [1.165, 1.54) is 5.57 Å². The van der Waals surface area contributed by atoms with Gasteiger partial charge < -0.3 is 10.2 Å². The van der Waals surface area contributed by atoms with Gasteiger partial charge in [-0.3, -0.25) is 0 Å². The van der Waals surface area contributed by atoms with Crippen molar-refractivity contribution >= 4 is 0 Å². The van der Waals surface area contributed by atoms with Crippen molar-refractivity contribution in [2.75, 3.05) is 0 Å². The maximum Gasteiger partial charge on any atom is 0.0723 e. The van der Waals surface area contributed by atoms with Crippen LogP contribution in [0.4, 0.5) is 0 Å². The fourth-order valence-corrected chi connectivity index (χ4v) is 1.81. The minimum atomic E-state index is -0.213. The van der Waals surface area contributed by atoms with Crippen molar-refractivity contribution < 1.29 is 10.2 Å². The number of hydrogen-bond acceptors (Lipinski definition) is 2. The summed E-state index contributed by atoms with van der Waals surface area (Å²) in [4.78, 5) is 0. The van der Waals surface area contributed by atoms with Crippen LogP contribution in [0.1, 0.15) is 45.4 Å². The van der Waals surface area contributed by atoms with E-state index in [1.807, 2.05) is 13.0 Å². The number of aliphatic hydroxyl groups excluding tert-OH is 2. The predicted molar refractivity (Wildman–Crippen MR) is 53.5 cm³/mol. The zero-order chi connectivity index (χ0) is 9.68. The molecule has 0 aliphatic heterocycles. The summed E-state index contributed by atoms with van der Waals surface area (Å²) in [6, 6.07) is 0. The van der Waals surface area contributed by atoms with E-state index in [4.69, 9.17) is 5.11 Å². The van der Waals surface area contributed by atoms with Gasteiger partial charge in [0.15, 0.2) is 0 Å². The van der Waals surface area contributed by atoms with Gasteiger partial charge in [-0.1, -0.05) is 11.6 Å². The molecule has 0 saturated carbocycles. The summed E-state index contributed by atoms with van der Waals surface area (Å²) in [5.74, 6) is 0. The standard InChI is InChI=1S/C11H20O2/c1-9(12)4-2-5-10-6-3-7-11(13)8-10/h8-9,11-13H,2-7H2,1H3/t9-,11-/m0/s1. The van der Waals surface area contributed by atoms with Crippen LogP contribution in [-0.2, 0) is 0 Å². The van der Waals surface area contributed by atoms with Gasteiger partial charge in [-0.05, 0) is 45.4 Å². The van der Waals surface area contributed by atoms with Crippen LogP contribution in [0.15, 0.2) is 11.6 Å². The lowest BCUT2D eigenvalue weighted by Crippen LogP contribution is -2.09. The molecular weight excluding hydrogens is 164 g/mol. The van der Waals surface area contributed by atoms with Crippen LogP contribution in [0.2, 0.25) is 0 Å². The van der Waals surface area contributed by atoms with Gasteiger partial charge in [0.2, 0.25) is 0 Å². The highest BCUT2D eigenvalue weighted by Crippen LogP contribution is 2.22. The smallest absolute Gasteiger partial charge is 0.0723 e. The van der Waals surface area contributed by atoms with Gasteiger partial charge in [0.1, 0.15) is 0 Å². The topological polar surface area (TPSA) is 40.5 Å². The van der Waals surface area contributed by atoms with E-state index < -0.39 is 0 Å². The molecule has 1 aliphatic carbocycles. The Labute approximate surface area is 80.3 Å². The Bertz CT molecular complexity index is 173. The van der Waals surface area contributed by atoms with Gasteiger partial charge >= 0.3 is 0 Å². The van der Waals surface area contributed by atoms with Gasteiger partial charge in [-0.2, -0.15) is 0 Å². The second kappa shape index (κ2) is 5.40. The Kier molecular flexibility index (Phi) is 4.46. The van der Waals surface area contributed by atoms with Crippen LogP contribution in [0.25, 0.3) is 0 Å². The van der Waals surface area contributed by atoms with Gasteiger partial charge in [-0.25, -0.2) is 0 Å². The molecule has 0 heterocycles. The molecule has 2 heteroatoms. The Morgan fingerprint density at radius 1 is 1.62 bits per heavy atom. The van der Waals surface area contributed by atoms with E-state index in [0.717, 1.165) is 38.5 Å². The molecule has 0 unspecified atom stereocenters. The summed E-state index contributed by atoms with van der Waals surface area (Å²) in [6.07, 6.45) is 7.71. The van der Waals surface area contributed by atoms with Crippen LogP contribution >= 0.6 is 0 Å². The molecule has 1 rings (SSSR count). The van der Waals surface area contributed by atoms with Crippen molar-refractivity contribution in [1.82, 2.24) is 0 Å². The molecule has 1 aliphatic rings. The first-order chi connectivity index (χ1) is 6.18.